The van der Waals surface area contributed by atoms with Gasteiger partial charge in [0.25, 0.3) is 0 Å². The van der Waals surface area contributed by atoms with E-state index in [1.165, 1.54) is 44.1 Å². The molecule has 3 N–H and O–H groups in total. The van der Waals surface area contributed by atoms with Crippen molar-refractivity contribution < 1.29 is 20.1 Å². The monoisotopic (exact) mass is 564 g/mol. The van der Waals surface area contributed by atoms with Gasteiger partial charge in [-0.15, -0.1) is 0 Å². The number of aliphatic hydroxyl groups is 3. The minimum Gasteiger partial charge on any atom is -0.396 e. The van der Waals surface area contributed by atoms with E-state index >= 15 is 0 Å². The van der Waals surface area contributed by atoms with Crippen LogP contribution in [0.3, 0.4) is 0 Å². The maximum Gasteiger partial charge on any atom is 0.0717 e. The minimum absolute atomic E-state index is 0.0796. The fraction of sp³-hybridized carbons (Fsp3) is 0.784. The van der Waals surface area contributed by atoms with Crippen molar-refractivity contribution in [2.24, 2.45) is 56.7 Å². The molecule has 0 spiro atoms. The number of ether oxygens (including phenoxy) is 1. The fourth-order valence-electron chi connectivity index (χ4n) is 12.5. The summed E-state index contributed by atoms with van der Waals surface area (Å²) in [4.78, 5) is 0. The first-order chi connectivity index (χ1) is 19.5. The quantitative estimate of drug-likeness (QED) is 0.307. The molecule has 11 atom stereocenters. The Morgan fingerprint density at radius 2 is 1.61 bits per heavy atom. The Labute approximate surface area is 249 Å². The van der Waals surface area contributed by atoms with Crippen LogP contribution in [0.1, 0.15) is 97.5 Å². The third-order valence-electron chi connectivity index (χ3n) is 15.0. The minimum atomic E-state index is -0.406. The standard InChI is InChI=1S/C37H56O4/c1-25(21-38)27-13-18-37(24-41-22-26-9-7-6-8-10-26)20-19-35(4)28(32(27)37)11-12-30-33(2)16-15-31(40)34(3,23-39)29(33)14-17-36(30,35)5/h6-10,27-32,38-40H,1,11-24H2,2-5H3/t27-,28?,29+,30?,31-,32?,33-,34-,35+,36+,37+/m0/s1. The van der Waals surface area contributed by atoms with E-state index < -0.39 is 11.5 Å². The van der Waals surface area contributed by atoms with Crippen LogP contribution in [0.4, 0.5) is 0 Å². The molecule has 3 unspecified atom stereocenters. The van der Waals surface area contributed by atoms with Gasteiger partial charge in [-0.25, -0.2) is 0 Å². The van der Waals surface area contributed by atoms with Crippen molar-refractivity contribution in [1.29, 1.82) is 0 Å². The molecule has 0 aromatic heterocycles. The molecule has 5 aliphatic rings. The average Bonchev–Trinajstić information content (AvgIpc) is 3.35. The van der Waals surface area contributed by atoms with Crippen LogP contribution in [0.5, 0.6) is 0 Å². The fourth-order valence-corrected chi connectivity index (χ4v) is 12.5. The van der Waals surface area contributed by atoms with Crippen LogP contribution < -0.4 is 0 Å². The van der Waals surface area contributed by atoms with E-state index in [1.54, 1.807) is 0 Å². The molecule has 228 valence electrons. The number of hydrogen-bond acceptors (Lipinski definition) is 4. The molecule has 41 heavy (non-hydrogen) atoms. The molecule has 0 heterocycles. The first kappa shape index (κ1) is 29.9. The smallest absolute Gasteiger partial charge is 0.0717 e. The summed E-state index contributed by atoms with van der Waals surface area (Å²) in [5.41, 5.74) is 2.63. The Hall–Kier alpha value is -1.20. The van der Waals surface area contributed by atoms with Gasteiger partial charge < -0.3 is 20.1 Å². The van der Waals surface area contributed by atoms with E-state index in [1.807, 2.05) is 0 Å². The van der Waals surface area contributed by atoms with Crippen molar-refractivity contribution in [3.8, 4) is 0 Å². The largest absolute Gasteiger partial charge is 0.396 e. The van der Waals surface area contributed by atoms with Crippen molar-refractivity contribution in [3.63, 3.8) is 0 Å². The highest BCUT2D eigenvalue weighted by Crippen LogP contribution is 2.77. The van der Waals surface area contributed by atoms with Crippen LogP contribution >= 0.6 is 0 Å². The normalized spacial score (nSPS) is 49.0. The van der Waals surface area contributed by atoms with Crippen LogP contribution in [0.25, 0.3) is 0 Å². The zero-order valence-corrected chi connectivity index (χ0v) is 26.2. The van der Waals surface area contributed by atoms with Gasteiger partial charge in [0, 0.05) is 5.41 Å². The number of aliphatic hydroxyl groups excluding tert-OH is 3. The van der Waals surface area contributed by atoms with Crippen LogP contribution in [-0.2, 0) is 11.3 Å². The topological polar surface area (TPSA) is 69.9 Å². The lowest BCUT2D eigenvalue weighted by Crippen LogP contribution is -2.67. The van der Waals surface area contributed by atoms with Crippen molar-refractivity contribution in [2.75, 3.05) is 19.8 Å². The number of fused-ring (bicyclic) bond motifs is 7. The van der Waals surface area contributed by atoms with E-state index in [9.17, 15) is 15.3 Å². The summed E-state index contributed by atoms with van der Waals surface area (Å²) in [6.45, 7) is 16.0. The molecule has 0 bridgehead atoms. The Balaban J connectivity index is 1.32. The highest BCUT2D eigenvalue weighted by Gasteiger charge is 2.71. The lowest BCUT2D eigenvalue weighted by molar-refractivity contribution is -0.256. The molecule has 4 nitrogen and oxygen atoms in total. The van der Waals surface area contributed by atoms with Crippen LogP contribution in [-0.4, -0.2) is 41.2 Å². The van der Waals surface area contributed by atoms with E-state index in [-0.39, 0.29) is 34.9 Å². The van der Waals surface area contributed by atoms with Gasteiger partial charge in [-0.05, 0) is 127 Å². The molecular formula is C37H56O4. The molecule has 1 aromatic carbocycles. The molecule has 0 saturated heterocycles. The SMILES string of the molecule is C=C(CO)[C@@H]1CC[C@]2(COCc3ccccc3)CC[C@]3(C)C(CCC4[C@@]5(C)CC[C@H](O)[C@@](C)(CO)[C@@H]5CC[C@]43C)C12. The van der Waals surface area contributed by atoms with E-state index in [0.29, 0.717) is 36.2 Å². The summed E-state index contributed by atoms with van der Waals surface area (Å²) in [5.74, 6) is 2.46. The molecule has 6 rings (SSSR count). The third kappa shape index (κ3) is 4.20. The maximum absolute atomic E-state index is 11.1. The summed E-state index contributed by atoms with van der Waals surface area (Å²) in [6.07, 6.45) is 11.0. The van der Waals surface area contributed by atoms with Gasteiger partial charge in [0.15, 0.2) is 0 Å². The Kier molecular flexibility index (Phi) is 7.62. The van der Waals surface area contributed by atoms with Gasteiger partial charge in [-0.1, -0.05) is 64.6 Å². The van der Waals surface area contributed by atoms with Crippen molar-refractivity contribution in [2.45, 2.75) is 105 Å². The molecule has 0 amide bonds. The van der Waals surface area contributed by atoms with Gasteiger partial charge in [0.1, 0.15) is 0 Å². The first-order valence-corrected chi connectivity index (χ1v) is 16.7. The highest BCUT2D eigenvalue weighted by molar-refractivity contribution is 5.22. The van der Waals surface area contributed by atoms with E-state index in [4.69, 9.17) is 4.74 Å². The van der Waals surface area contributed by atoms with Crippen molar-refractivity contribution >= 4 is 0 Å². The van der Waals surface area contributed by atoms with Gasteiger partial charge in [0.2, 0.25) is 0 Å². The van der Waals surface area contributed by atoms with Crippen LogP contribution in [0, 0.1) is 56.7 Å². The summed E-state index contributed by atoms with van der Waals surface area (Å²) in [6, 6.07) is 10.6. The summed E-state index contributed by atoms with van der Waals surface area (Å²) in [7, 11) is 0. The van der Waals surface area contributed by atoms with Crippen LogP contribution in [0.15, 0.2) is 42.5 Å². The van der Waals surface area contributed by atoms with Gasteiger partial charge >= 0.3 is 0 Å². The summed E-state index contributed by atoms with van der Waals surface area (Å²) < 4.78 is 6.56. The second-order valence-corrected chi connectivity index (χ2v) is 16.2. The number of hydrogen-bond donors (Lipinski definition) is 3. The second-order valence-electron chi connectivity index (χ2n) is 16.2. The lowest BCUT2D eigenvalue weighted by Gasteiger charge is -2.73. The molecule has 0 radical (unpaired) electrons. The molecule has 5 aliphatic carbocycles. The molecule has 0 aliphatic heterocycles. The zero-order chi connectivity index (χ0) is 29.3. The van der Waals surface area contributed by atoms with Gasteiger partial charge in [0.05, 0.1) is 32.5 Å². The second kappa shape index (κ2) is 10.5. The number of benzene rings is 1. The zero-order valence-electron chi connectivity index (χ0n) is 26.2. The predicted molar refractivity (Wildman–Crippen MR) is 164 cm³/mol. The van der Waals surface area contributed by atoms with Crippen molar-refractivity contribution in [3.05, 3.63) is 48.0 Å². The van der Waals surface area contributed by atoms with Crippen LogP contribution in [0.2, 0.25) is 0 Å². The summed E-state index contributed by atoms with van der Waals surface area (Å²) >= 11 is 0. The lowest BCUT2D eigenvalue weighted by atomic mass is 9.32. The average molecular weight is 565 g/mol. The number of rotatable bonds is 7. The Bertz CT molecular complexity index is 1120. The Morgan fingerprint density at radius 3 is 2.32 bits per heavy atom. The Morgan fingerprint density at radius 1 is 0.854 bits per heavy atom. The molecule has 1 aromatic rings. The van der Waals surface area contributed by atoms with E-state index in [2.05, 4.69) is 64.6 Å². The first-order valence-electron chi connectivity index (χ1n) is 16.7. The maximum atomic E-state index is 11.1. The van der Waals surface area contributed by atoms with Crippen molar-refractivity contribution in [1.82, 2.24) is 0 Å². The third-order valence-corrected chi connectivity index (χ3v) is 15.0. The molecule has 5 saturated carbocycles. The highest BCUT2D eigenvalue weighted by atomic mass is 16.5. The van der Waals surface area contributed by atoms with Gasteiger partial charge in [-0.3, -0.25) is 0 Å². The van der Waals surface area contributed by atoms with E-state index in [0.717, 1.165) is 37.9 Å². The molecule has 4 heteroatoms. The molecular weight excluding hydrogens is 508 g/mol. The predicted octanol–water partition coefficient (Wildman–Crippen LogP) is 7.17. The summed E-state index contributed by atoms with van der Waals surface area (Å²) in [5, 5.41) is 31.9. The van der Waals surface area contributed by atoms with Gasteiger partial charge in [-0.2, -0.15) is 0 Å². The molecule has 5 fully saturated rings.